The number of methoxy groups -OCH3 is 2. The van der Waals surface area contributed by atoms with E-state index in [0.29, 0.717) is 28.2 Å². The van der Waals surface area contributed by atoms with Gasteiger partial charge in [-0.2, -0.15) is 13.2 Å². The van der Waals surface area contributed by atoms with E-state index in [0.717, 1.165) is 27.8 Å². The monoisotopic (exact) mass is 555 g/mol. The van der Waals surface area contributed by atoms with Gasteiger partial charge in [0, 0.05) is 26.6 Å². The van der Waals surface area contributed by atoms with Crippen molar-refractivity contribution < 1.29 is 37.0 Å². The average molecular weight is 556 g/mol. The number of hydrogen-bond acceptors (Lipinski definition) is 7. The molecule has 0 unspecified atom stereocenters. The van der Waals surface area contributed by atoms with E-state index in [1.165, 1.54) is 44.0 Å². The lowest BCUT2D eigenvalue weighted by Gasteiger charge is -2.11. The van der Waals surface area contributed by atoms with Crippen LogP contribution in [0.4, 0.5) is 13.2 Å². The van der Waals surface area contributed by atoms with Crippen molar-refractivity contribution in [3.8, 4) is 11.5 Å². The van der Waals surface area contributed by atoms with Crippen molar-refractivity contribution >= 4 is 38.7 Å². The Kier molecular flexibility index (Phi) is 8.55. The Morgan fingerprint density at radius 2 is 1.74 bits per heavy atom. The summed E-state index contributed by atoms with van der Waals surface area (Å²) >= 11 is 1.49. The van der Waals surface area contributed by atoms with E-state index in [1.807, 2.05) is 23.6 Å². The van der Waals surface area contributed by atoms with Crippen molar-refractivity contribution in [2.75, 3.05) is 14.2 Å². The number of carbonyl (C=O) groups excluding carboxylic acids is 1. The maximum Gasteiger partial charge on any atom is 0.416 e. The molecule has 4 rings (SSSR count). The van der Waals surface area contributed by atoms with E-state index in [-0.39, 0.29) is 12.4 Å². The van der Waals surface area contributed by atoms with E-state index in [9.17, 15) is 18.0 Å². The third kappa shape index (κ3) is 6.77. The Balaban J connectivity index is 1.47. The van der Waals surface area contributed by atoms with Gasteiger partial charge >= 0.3 is 12.1 Å². The van der Waals surface area contributed by atoms with E-state index in [2.05, 4.69) is 5.16 Å². The van der Waals surface area contributed by atoms with Crippen molar-refractivity contribution in [3.63, 3.8) is 0 Å². The molecule has 0 aliphatic rings. The first kappa shape index (κ1) is 27.7. The molecule has 202 valence electrons. The first-order valence-corrected chi connectivity index (χ1v) is 12.5. The van der Waals surface area contributed by atoms with Gasteiger partial charge in [-0.1, -0.05) is 29.4 Å². The van der Waals surface area contributed by atoms with Gasteiger partial charge in [0.1, 0.15) is 23.7 Å². The molecule has 1 aromatic heterocycles. The second kappa shape index (κ2) is 12.0. The molecule has 1 heterocycles. The van der Waals surface area contributed by atoms with Crippen LogP contribution in [0.5, 0.6) is 11.5 Å². The van der Waals surface area contributed by atoms with Crippen LogP contribution in [0.15, 0.2) is 83.5 Å². The summed E-state index contributed by atoms with van der Waals surface area (Å²) in [5.74, 6) is -0.0632. The SMILES string of the molecule is COC=C(C(=O)OC)c1csc2ccc(CON=C(C)c3cccc(Oc4cccc(C(F)(F)F)c4)c3)cc12. The molecule has 39 heavy (non-hydrogen) atoms. The van der Waals surface area contributed by atoms with Crippen LogP contribution in [0.2, 0.25) is 0 Å². The maximum absolute atomic E-state index is 13.0. The van der Waals surface area contributed by atoms with Crippen LogP contribution in [0, 0.1) is 0 Å². The fraction of sp³-hybridized carbons (Fsp3) is 0.172. The Hall–Kier alpha value is -4.31. The quantitative estimate of drug-likeness (QED) is 0.0693. The van der Waals surface area contributed by atoms with Crippen LogP contribution < -0.4 is 4.74 Å². The minimum Gasteiger partial charge on any atom is -0.503 e. The fourth-order valence-electron chi connectivity index (χ4n) is 3.74. The molecule has 0 bridgehead atoms. The van der Waals surface area contributed by atoms with Crippen LogP contribution in [0.3, 0.4) is 0 Å². The molecule has 4 aromatic rings. The van der Waals surface area contributed by atoms with Gasteiger partial charge < -0.3 is 19.0 Å². The number of alkyl halides is 3. The minimum atomic E-state index is -4.46. The first-order valence-electron chi connectivity index (χ1n) is 11.6. The van der Waals surface area contributed by atoms with Crippen LogP contribution in [0.1, 0.15) is 29.2 Å². The second-order valence-electron chi connectivity index (χ2n) is 8.34. The number of halogens is 3. The fourth-order valence-corrected chi connectivity index (χ4v) is 4.68. The number of benzene rings is 3. The lowest BCUT2D eigenvalue weighted by atomic mass is 10.0. The zero-order chi connectivity index (χ0) is 28.0. The van der Waals surface area contributed by atoms with Crippen LogP contribution in [-0.2, 0) is 31.9 Å². The van der Waals surface area contributed by atoms with Gasteiger partial charge in [0.15, 0.2) is 0 Å². The lowest BCUT2D eigenvalue weighted by Crippen LogP contribution is -2.04. The highest BCUT2D eigenvalue weighted by Crippen LogP contribution is 2.34. The normalized spacial score (nSPS) is 12.4. The second-order valence-corrected chi connectivity index (χ2v) is 9.26. The number of rotatable bonds is 9. The summed E-state index contributed by atoms with van der Waals surface area (Å²) in [6.07, 6.45) is -3.10. The van der Waals surface area contributed by atoms with Crippen LogP contribution in [0.25, 0.3) is 15.7 Å². The smallest absolute Gasteiger partial charge is 0.416 e. The number of hydrogen-bond donors (Lipinski definition) is 0. The molecule has 0 amide bonds. The zero-order valence-electron chi connectivity index (χ0n) is 21.2. The summed E-state index contributed by atoms with van der Waals surface area (Å²) < 4.78 is 55.6. The molecule has 0 saturated heterocycles. The highest BCUT2D eigenvalue weighted by Gasteiger charge is 2.30. The van der Waals surface area contributed by atoms with Crippen LogP contribution in [-0.4, -0.2) is 25.9 Å². The molecule has 0 radical (unpaired) electrons. The number of thiophene rings is 1. The van der Waals surface area contributed by atoms with Gasteiger partial charge in [0.2, 0.25) is 0 Å². The molecule has 0 saturated carbocycles. The molecule has 0 aliphatic heterocycles. The Morgan fingerprint density at radius 3 is 2.46 bits per heavy atom. The molecule has 10 heteroatoms. The maximum atomic E-state index is 13.0. The summed E-state index contributed by atoms with van der Waals surface area (Å²) in [6.45, 7) is 1.92. The summed E-state index contributed by atoms with van der Waals surface area (Å²) in [5.41, 5.74) is 2.29. The molecular formula is C29H24F3NO5S. The third-order valence-corrected chi connectivity index (χ3v) is 6.61. The topological polar surface area (TPSA) is 66.4 Å². The third-order valence-electron chi connectivity index (χ3n) is 5.65. The Labute approximate surface area is 226 Å². The van der Waals surface area contributed by atoms with Crippen molar-refractivity contribution in [2.45, 2.75) is 19.7 Å². The summed E-state index contributed by atoms with van der Waals surface area (Å²) in [5, 5.41) is 6.92. The lowest BCUT2D eigenvalue weighted by molar-refractivity contribution is -0.137. The largest absolute Gasteiger partial charge is 0.503 e. The highest BCUT2D eigenvalue weighted by atomic mass is 32.1. The van der Waals surface area contributed by atoms with E-state index < -0.39 is 17.7 Å². The minimum absolute atomic E-state index is 0.0757. The van der Waals surface area contributed by atoms with Crippen molar-refractivity contribution in [3.05, 3.63) is 101 Å². The summed E-state index contributed by atoms with van der Waals surface area (Å²) in [6, 6.07) is 17.3. The highest BCUT2D eigenvalue weighted by molar-refractivity contribution is 7.17. The predicted molar refractivity (Wildman–Crippen MR) is 144 cm³/mol. The number of oxime groups is 1. The molecular weight excluding hydrogens is 531 g/mol. The van der Waals surface area contributed by atoms with Gasteiger partial charge in [0.05, 0.1) is 31.8 Å². The molecule has 0 aliphatic carbocycles. The molecule has 0 atom stereocenters. The standard InChI is InChI=1S/C29H24F3NO5S/c1-18(20-6-4-8-22(13-20)38-23-9-5-7-21(14-23)29(30,31)32)33-37-15-19-10-11-27-24(12-19)26(17-39-27)25(16-35-2)28(34)36-3/h4-14,16-17H,15H2,1-3H3. The van der Waals surface area contributed by atoms with Crippen molar-refractivity contribution in [1.82, 2.24) is 0 Å². The Bertz CT molecular complexity index is 1540. The van der Waals surface area contributed by atoms with Gasteiger partial charge in [0.25, 0.3) is 0 Å². The average Bonchev–Trinajstić information content (AvgIpc) is 3.34. The van der Waals surface area contributed by atoms with Gasteiger partial charge in [-0.25, -0.2) is 4.79 Å². The number of nitrogens with zero attached hydrogens (tertiary/aromatic N) is 1. The summed E-state index contributed by atoms with van der Waals surface area (Å²) in [7, 11) is 2.78. The van der Waals surface area contributed by atoms with Crippen molar-refractivity contribution in [2.24, 2.45) is 5.16 Å². The predicted octanol–water partition coefficient (Wildman–Crippen LogP) is 7.81. The number of carbonyl (C=O) groups is 1. The zero-order valence-corrected chi connectivity index (χ0v) is 22.1. The molecule has 0 spiro atoms. The van der Waals surface area contributed by atoms with Gasteiger partial charge in [-0.3, -0.25) is 0 Å². The molecule has 0 N–H and O–H groups in total. The number of ether oxygens (including phenoxy) is 3. The first-order chi connectivity index (χ1) is 18.7. The van der Waals surface area contributed by atoms with Crippen molar-refractivity contribution in [1.29, 1.82) is 0 Å². The molecule has 6 nitrogen and oxygen atoms in total. The number of fused-ring (bicyclic) bond motifs is 1. The molecule has 3 aromatic carbocycles. The number of esters is 1. The summed E-state index contributed by atoms with van der Waals surface area (Å²) in [4.78, 5) is 17.8. The van der Waals surface area contributed by atoms with E-state index in [1.54, 1.807) is 31.2 Å². The van der Waals surface area contributed by atoms with E-state index in [4.69, 9.17) is 19.0 Å². The van der Waals surface area contributed by atoms with Crippen LogP contribution >= 0.6 is 11.3 Å². The van der Waals surface area contributed by atoms with Gasteiger partial charge in [-0.15, -0.1) is 11.3 Å². The van der Waals surface area contributed by atoms with E-state index >= 15 is 0 Å². The molecule has 0 fully saturated rings. The van der Waals surface area contributed by atoms with Gasteiger partial charge in [-0.05, 0) is 55.0 Å². The Morgan fingerprint density at radius 1 is 1.00 bits per heavy atom.